The number of phenolic OH excluding ortho intramolecular Hbond substituents is 1. The lowest BCUT2D eigenvalue weighted by atomic mass is 9.87. The molecule has 1 aromatic carbocycles. The van der Waals surface area contributed by atoms with Gasteiger partial charge in [0.1, 0.15) is 0 Å². The first-order valence-corrected chi connectivity index (χ1v) is 5.75. The molecule has 1 unspecified atom stereocenters. The summed E-state index contributed by atoms with van der Waals surface area (Å²) in [6.07, 6.45) is 2.53. The maximum Gasteiger partial charge on any atom is 0.160 e. The fraction of sp³-hybridized carbons (Fsp3) is 0.429. The first kappa shape index (κ1) is 14.5. The standard InChI is InChI=1S/C14H20O4/c1-14(2,9-15)13(17)7-5-10-4-6-12(18-3)11(16)8-10/h4-8,13,15-17H,9H2,1-3H3/b7-5+. The van der Waals surface area contributed by atoms with Crippen molar-refractivity contribution < 1.29 is 20.1 Å². The van der Waals surface area contributed by atoms with Gasteiger partial charge in [0.15, 0.2) is 11.5 Å². The lowest BCUT2D eigenvalue weighted by Gasteiger charge is -2.25. The van der Waals surface area contributed by atoms with E-state index in [0.29, 0.717) is 5.75 Å². The average Bonchev–Trinajstić information content (AvgIpc) is 2.36. The first-order chi connectivity index (χ1) is 8.40. The van der Waals surface area contributed by atoms with Gasteiger partial charge in [0, 0.05) is 5.41 Å². The molecule has 0 amide bonds. The molecule has 1 aromatic rings. The maximum atomic E-state index is 9.87. The fourth-order valence-electron chi connectivity index (χ4n) is 1.37. The Bertz CT molecular complexity index is 424. The Kier molecular flexibility index (Phi) is 4.76. The van der Waals surface area contributed by atoms with Crippen LogP contribution in [0.25, 0.3) is 6.08 Å². The summed E-state index contributed by atoms with van der Waals surface area (Å²) in [7, 11) is 1.48. The molecule has 0 bridgehead atoms. The van der Waals surface area contributed by atoms with Crippen LogP contribution in [0.1, 0.15) is 19.4 Å². The Balaban J connectivity index is 2.82. The number of hydrogen-bond donors (Lipinski definition) is 3. The molecule has 0 heterocycles. The molecule has 100 valence electrons. The number of rotatable bonds is 5. The minimum absolute atomic E-state index is 0.0514. The summed E-state index contributed by atoms with van der Waals surface area (Å²) in [5.41, 5.74) is 0.159. The Morgan fingerprint density at radius 1 is 1.39 bits per heavy atom. The topological polar surface area (TPSA) is 69.9 Å². The van der Waals surface area contributed by atoms with Gasteiger partial charge in [-0.2, -0.15) is 0 Å². The van der Waals surface area contributed by atoms with Crippen LogP contribution < -0.4 is 4.74 Å². The van der Waals surface area contributed by atoms with E-state index in [1.807, 2.05) is 0 Å². The smallest absolute Gasteiger partial charge is 0.160 e. The van der Waals surface area contributed by atoms with Crippen molar-refractivity contribution in [2.24, 2.45) is 5.41 Å². The van der Waals surface area contributed by atoms with Crippen LogP contribution in [0.5, 0.6) is 11.5 Å². The number of ether oxygens (including phenoxy) is 1. The molecule has 0 aliphatic rings. The molecule has 0 fully saturated rings. The highest BCUT2D eigenvalue weighted by Gasteiger charge is 2.24. The molecule has 1 atom stereocenters. The predicted octanol–water partition coefficient (Wildman–Crippen LogP) is 1.79. The van der Waals surface area contributed by atoms with Crippen LogP contribution in [0.2, 0.25) is 0 Å². The van der Waals surface area contributed by atoms with E-state index in [0.717, 1.165) is 5.56 Å². The van der Waals surface area contributed by atoms with Crippen molar-refractivity contribution >= 4 is 6.08 Å². The van der Waals surface area contributed by atoms with Gasteiger partial charge in [-0.3, -0.25) is 0 Å². The quantitative estimate of drug-likeness (QED) is 0.747. The van der Waals surface area contributed by atoms with Crippen LogP contribution in [0, 0.1) is 5.41 Å². The van der Waals surface area contributed by atoms with Gasteiger partial charge < -0.3 is 20.1 Å². The van der Waals surface area contributed by atoms with E-state index >= 15 is 0 Å². The third-order valence-electron chi connectivity index (χ3n) is 2.88. The second-order valence-corrected chi connectivity index (χ2v) is 4.88. The van der Waals surface area contributed by atoms with Gasteiger partial charge in [0.25, 0.3) is 0 Å². The molecule has 18 heavy (non-hydrogen) atoms. The minimum Gasteiger partial charge on any atom is -0.504 e. The van der Waals surface area contributed by atoms with Gasteiger partial charge >= 0.3 is 0 Å². The van der Waals surface area contributed by atoms with Gasteiger partial charge in [-0.1, -0.05) is 32.1 Å². The Morgan fingerprint density at radius 2 is 2.06 bits per heavy atom. The monoisotopic (exact) mass is 252 g/mol. The molecule has 0 aromatic heterocycles. The van der Waals surface area contributed by atoms with E-state index in [-0.39, 0.29) is 12.4 Å². The van der Waals surface area contributed by atoms with Crippen molar-refractivity contribution in [3.05, 3.63) is 29.8 Å². The molecule has 3 N–H and O–H groups in total. The highest BCUT2D eigenvalue weighted by Crippen LogP contribution is 2.27. The number of aliphatic hydroxyl groups is 2. The van der Waals surface area contributed by atoms with Crippen LogP contribution in [-0.4, -0.2) is 35.1 Å². The van der Waals surface area contributed by atoms with Crippen molar-refractivity contribution in [2.75, 3.05) is 13.7 Å². The highest BCUT2D eigenvalue weighted by molar-refractivity contribution is 5.55. The normalized spacial score (nSPS) is 13.8. The number of hydrogen-bond acceptors (Lipinski definition) is 4. The molecule has 4 heteroatoms. The second kappa shape index (κ2) is 5.89. The molecule has 0 aliphatic carbocycles. The zero-order valence-corrected chi connectivity index (χ0v) is 10.9. The van der Waals surface area contributed by atoms with E-state index in [1.54, 1.807) is 44.2 Å². The van der Waals surface area contributed by atoms with E-state index in [9.17, 15) is 10.2 Å². The molecule has 0 saturated heterocycles. The van der Waals surface area contributed by atoms with Crippen molar-refractivity contribution in [3.8, 4) is 11.5 Å². The molecular weight excluding hydrogens is 232 g/mol. The SMILES string of the molecule is COc1ccc(/C=C/C(O)C(C)(C)CO)cc1O. The van der Waals surface area contributed by atoms with Gasteiger partial charge in [-0.05, 0) is 17.7 Å². The van der Waals surface area contributed by atoms with Crippen molar-refractivity contribution in [1.82, 2.24) is 0 Å². The lowest BCUT2D eigenvalue weighted by Crippen LogP contribution is -2.30. The molecule has 1 rings (SSSR count). The Labute approximate surface area is 107 Å². The molecule has 4 nitrogen and oxygen atoms in total. The molecule has 0 saturated carbocycles. The van der Waals surface area contributed by atoms with Gasteiger partial charge in [0.2, 0.25) is 0 Å². The van der Waals surface area contributed by atoms with Crippen LogP contribution in [0.4, 0.5) is 0 Å². The van der Waals surface area contributed by atoms with E-state index in [4.69, 9.17) is 9.84 Å². The summed E-state index contributed by atoms with van der Waals surface area (Å²) >= 11 is 0. The Hall–Kier alpha value is -1.52. The minimum atomic E-state index is -0.758. The van der Waals surface area contributed by atoms with Gasteiger partial charge in [-0.15, -0.1) is 0 Å². The molecular formula is C14H20O4. The number of methoxy groups -OCH3 is 1. The zero-order valence-electron chi connectivity index (χ0n) is 10.9. The van der Waals surface area contributed by atoms with E-state index < -0.39 is 11.5 Å². The molecule has 0 aliphatic heterocycles. The van der Waals surface area contributed by atoms with Crippen molar-refractivity contribution in [3.63, 3.8) is 0 Å². The summed E-state index contributed by atoms with van der Waals surface area (Å²) in [4.78, 5) is 0. The number of phenols is 1. The van der Waals surface area contributed by atoms with Gasteiger partial charge in [-0.25, -0.2) is 0 Å². The summed E-state index contributed by atoms with van der Waals surface area (Å²) in [6, 6.07) is 4.97. The Morgan fingerprint density at radius 3 is 2.56 bits per heavy atom. The van der Waals surface area contributed by atoms with Crippen LogP contribution in [-0.2, 0) is 0 Å². The first-order valence-electron chi connectivity index (χ1n) is 5.75. The number of aromatic hydroxyl groups is 1. The van der Waals surface area contributed by atoms with Crippen molar-refractivity contribution in [2.45, 2.75) is 20.0 Å². The maximum absolute atomic E-state index is 9.87. The summed E-state index contributed by atoms with van der Waals surface area (Å²) in [5, 5.41) is 28.6. The van der Waals surface area contributed by atoms with Crippen molar-refractivity contribution in [1.29, 1.82) is 0 Å². The lowest BCUT2D eigenvalue weighted by molar-refractivity contribution is 0.0387. The summed E-state index contributed by atoms with van der Waals surface area (Å²) in [6.45, 7) is 3.44. The van der Waals surface area contributed by atoms with Gasteiger partial charge in [0.05, 0.1) is 19.8 Å². The van der Waals surface area contributed by atoms with Crippen LogP contribution >= 0.6 is 0 Å². The second-order valence-electron chi connectivity index (χ2n) is 4.88. The largest absolute Gasteiger partial charge is 0.504 e. The average molecular weight is 252 g/mol. The summed E-state index contributed by atoms with van der Waals surface area (Å²) < 4.78 is 4.94. The number of benzene rings is 1. The van der Waals surface area contributed by atoms with E-state index in [1.165, 1.54) is 7.11 Å². The molecule has 0 spiro atoms. The predicted molar refractivity (Wildman–Crippen MR) is 70.6 cm³/mol. The fourth-order valence-corrected chi connectivity index (χ4v) is 1.37. The van der Waals surface area contributed by atoms with Crippen LogP contribution in [0.15, 0.2) is 24.3 Å². The van der Waals surface area contributed by atoms with E-state index in [2.05, 4.69) is 0 Å². The third kappa shape index (κ3) is 3.48. The zero-order chi connectivity index (χ0) is 13.8. The summed E-state index contributed by atoms with van der Waals surface area (Å²) in [5.74, 6) is 0.457. The third-order valence-corrected chi connectivity index (χ3v) is 2.88. The van der Waals surface area contributed by atoms with Crippen LogP contribution in [0.3, 0.4) is 0 Å². The molecule has 0 radical (unpaired) electrons. The number of aliphatic hydroxyl groups excluding tert-OH is 2. The highest BCUT2D eigenvalue weighted by atomic mass is 16.5.